The molecule has 0 aliphatic rings. The number of rotatable bonds is 0. The first-order valence-corrected chi connectivity index (χ1v) is 4.41. The maximum absolute atomic E-state index is 11.9. The van der Waals surface area contributed by atoms with Gasteiger partial charge >= 0.3 is 5.69 Å². The van der Waals surface area contributed by atoms with Crippen LogP contribution in [0.5, 0.6) is 0 Å². The summed E-state index contributed by atoms with van der Waals surface area (Å²) in [5.74, 6) is 0.440. The van der Waals surface area contributed by atoms with Gasteiger partial charge < -0.3 is 0 Å². The van der Waals surface area contributed by atoms with E-state index in [0.29, 0.717) is 5.78 Å². The highest BCUT2D eigenvalue weighted by Crippen LogP contribution is 2.09. The molecule has 0 N–H and O–H groups in total. The molecule has 2 aromatic heterocycles. The van der Waals surface area contributed by atoms with Gasteiger partial charge in [-0.05, 0) is 20.8 Å². The Labute approximate surface area is 81.0 Å². The van der Waals surface area contributed by atoms with Crippen molar-refractivity contribution < 1.29 is 0 Å². The zero-order valence-electron chi connectivity index (χ0n) is 8.43. The normalized spacial score (nSPS) is 12.2. The molecule has 0 bridgehead atoms. The van der Waals surface area contributed by atoms with Gasteiger partial charge in [-0.25, -0.2) is 19.2 Å². The summed E-state index contributed by atoms with van der Waals surface area (Å²) in [6, 6.07) is 0. The second-order valence-electron chi connectivity index (χ2n) is 4.17. The van der Waals surface area contributed by atoms with Gasteiger partial charge in [0.25, 0.3) is 0 Å². The van der Waals surface area contributed by atoms with Crippen molar-refractivity contribution in [3.05, 3.63) is 29.2 Å². The maximum Gasteiger partial charge on any atom is 0.336 e. The molecule has 5 nitrogen and oxygen atoms in total. The van der Waals surface area contributed by atoms with Crippen molar-refractivity contribution in [2.24, 2.45) is 0 Å². The fourth-order valence-electron chi connectivity index (χ4n) is 1.28. The Balaban J connectivity index is 2.81. The molecule has 2 aromatic rings. The molecular formula is C9H12N4O. The molecule has 0 aromatic carbocycles. The van der Waals surface area contributed by atoms with E-state index in [9.17, 15) is 4.79 Å². The standard InChI is InChI=1S/C9H12N4O/c1-9(2,3)13-6-11-7-10-4-5-12(7)8(13)14/h4-6H,1-3H3. The van der Waals surface area contributed by atoms with Gasteiger partial charge in [-0.15, -0.1) is 0 Å². The third kappa shape index (κ3) is 1.21. The highest BCUT2D eigenvalue weighted by Gasteiger charge is 2.16. The average molecular weight is 192 g/mol. The molecule has 5 heteroatoms. The van der Waals surface area contributed by atoms with Gasteiger partial charge in [0.15, 0.2) is 0 Å². The first kappa shape index (κ1) is 8.93. The molecule has 0 aliphatic heterocycles. The zero-order chi connectivity index (χ0) is 10.3. The molecule has 14 heavy (non-hydrogen) atoms. The summed E-state index contributed by atoms with van der Waals surface area (Å²) in [4.78, 5) is 19.9. The van der Waals surface area contributed by atoms with Gasteiger partial charge in [-0.2, -0.15) is 0 Å². The lowest BCUT2D eigenvalue weighted by molar-refractivity contribution is 0.370. The molecular weight excluding hydrogens is 180 g/mol. The van der Waals surface area contributed by atoms with Crippen molar-refractivity contribution in [1.29, 1.82) is 0 Å². The molecule has 0 aliphatic carbocycles. The lowest BCUT2D eigenvalue weighted by Crippen LogP contribution is -2.37. The van der Waals surface area contributed by atoms with Crippen LogP contribution in [-0.2, 0) is 5.54 Å². The highest BCUT2D eigenvalue weighted by atomic mass is 16.1. The Morgan fingerprint density at radius 3 is 2.64 bits per heavy atom. The van der Waals surface area contributed by atoms with Crippen LogP contribution in [0.2, 0.25) is 0 Å². The molecule has 0 unspecified atom stereocenters. The summed E-state index contributed by atoms with van der Waals surface area (Å²) in [5.41, 5.74) is -0.372. The van der Waals surface area contributed by atoms with Gasteiger partial charge in [-0.1, -0.05) is 0 Å². The Kier molecular flexibility index (Phi) is 1.70. The van der Waals surface area contributed by atoms with E-state index in [4.69, 9.17) is 0 Å². The number of aromatic nitrogens is 4. The first-order valence-electron chi connectivity index (χ1n) is 4.41. The van der Waals surface area contributed by atoms with Crippen LogP contribution in [-0.4, -0.2) is 18.9 Å². The van der Waals surface area contributed by atoms with E-state index in [2.05, 4.69) is 9.97 Å². The Morgan fingerprint density at radius 1 is 1.29 bits per heavy atom. The lowest BCUT2D eigenvalue weighted by atomic mass is 10.1. The predicted molar refractivity (Wildman–Crippen MR) is 52.2 cm³/mol. The molecule has 0 radical (unpaired) electrons. The van der Waals surface area contributed by atoms with Crippen molar-refractivity contribution in [2.75, 3.05) is 0 Å². The van der Waals surface area contributed by atoms with E-state index in [0.717, 1.165) is 0 Å². The molecule has 74 valence electrons. The number of imidazole rings is 1. The first-order chi connectivity index (χ1) is 6.50. The topological polar surface area (TPSA) is 52.2 Å². The maximum atomic E-state index is 11.9. The second-order valence-corrected chi connectivity index (χ2v) is 4.17. The largest absolute Gasteiger partial charge is 0.336 e. The van der Waals surface area contributed by atoms with Crippen molar-refractivity contribution >= 4 is 5.78 Å². The minimum Gasteiger partial charge on any atom is -0.278 e. The van der Waals surface area contributed by atoms with Crippen molar-refractivity contribution in [3.63, 3.8) is 0 Å². The van der Waals surface area contributed by atoms with Gasteiger partial charge in [-0.3, -0.25) is 4.57 Å². The molecule has 2 rings (SSSR count). The van der Waals surface area contributed by atoms with Gasteiger partial charge in [0.1, 0.15) is 6.33 Å². The molecule has 0 fully saturated rings. The number of hydrogen-bond acceptors (Lipinski definition) is 3. The minimum atomic E-state index is -0.261. The zero-order valence-corrected chi connectivity index (χ0v) is 8.43. The van der Waals surface area contributed by atoms with Crippen molar-refractivity contribution in [2.45, 2.75) is 26.3 Å². The van der Waals surface area contributed by atoms with Gasteiger partial charge in [0, 0.05) is 17.9 Å². The smallest absolute Gasteiger partial charge is 0.278 e. The van der Waals surface area contributed by atoms with E-state index >= 15 is 0 Å². The molecule has 0 amide bonds. The monoisotopic (exact) mass is 192 g/mol. The van der Waals surface area contributed by atoms with Crippen molar-refractivity contribution in [3.8, 4) is 0 Å². The summed E-state index contributed by atoms with van der Waals surface area (Å²) in [6.45, 7) is 5.87. The van der Waals surface area contributed by atoms with Crippen LogP contribution in [0.25, 0.3) is 5.78 Å². The Morgan fingerprint density at radius 2 is 2.00 bits per heavy atom. The lowest BCUT2D eigenvalue weighted by Gasteiger charge is -2.20. The minimum absolute atomic E-state index is 0.111. The summed E-state index contributed by atoms with van der Waals surface area (Å²) < 4.78 is 3.02. The Hall–Kier alpha value is -1.65. The molecule has 0 atom stereocenters. The van der Waals surface area contributed by atoms with E-state index in [-0.39, 0.29) is 11.2 Å². The Bertz CT molecular complexity index is 517. The summed E-state index contributed by atoms with van der Waals surface area (Å²) in [5, 5.41) is 0. The summed E-state index contributed by atoms with van der Waals surface area (Å²) in [6.07, 6.45) is 4.72. The SMILES string of the molecule is CC(C)(C)n1cnc2nccn2c1=O. The van der Waals surface area contributed by atoms with Gasteiger partial charge in [0.05, 0.1) is 0 Å². The third-order valence-electron chi connectivity index (χ3n) is 2.04. The quantitative estimate of drug-likeness (QED) is 0.615. The molecule has 0 spiro atoms. The van der Waals surface area contributed by atoms with Crippen LogP contribution < -0.4 is 5.69 Å². The van der Waals surface area contributed by atoms with Gasteiger partial charge in [0.2, 0.25) is 5.78 Å². The van der Waals surface area contributed by atoms with E-state index in [1.807, 2.05) is 20.8 Å². The average Bonchev–Trinajstić information content (AvgIpc) is 2.50. The number of hydrogen-bond donors (Lipinski definition) is 0. The van der Waals surface area contributed by atoms with Crippen LogP contribution in [0.3, 0.4) is 0 Å². The van der Waals surface area contributed by atoms with Crippen LogP contribution >= 0.6 is 0 Å². The fraction of sp³-hybridized carbons (Fsp3) is 0.444. The van der Waals surface area contributed by atoms with Crippen molar-refractivity contribution in [1.82, 2.24) is 18.9 Å². The molecule has 0 saturated heterocycles. The van der Waals surface area contributed by atoms with E-state index in [1.54, 1.807) is 17.0 Å². The van der Waals surface area contributed by atoms with Crippen LogP contribution in [0.15, 0.2) is 23.5 Å². The van der Waals surface area contributed by atoms with Crippen LogP contribution in [0.1, 0.15) is 20.8 Å². The number of nitrogens with zero attached hydrogens (tertiary/aromatic N) is 4. The third-order valence-corrected chi connectivity index (χ3v) is 2.04. The summed E-state index contributed by atoms with van der Waals surface area (Å²) in [7, 11) is 0. The van der Waals surface area contributed by atoms with Crippen LogP contribution in [0.4, 0.5) is 0 Å². The van der Waals surface area contributed by atoms with E-state index < -0.39 is 0 Å². The predicted octanol–water partition coefficient (Wildman–Crippen LogP) is 0.646. The van der Waals surface area contributed by atoms with E-state index in [1.165, 1.54) is 10.7 Å². The molecule has 2 heterocycles. The van der Waals surface area contributed by atoms with Crippen LogP contribution in [0, 0.1) is 0 Å². The molecule has 0 saturated carbocycles. The highest BCUT2D eigenvalue weighted by molar-refractivity contribution is 5.24. The number of fused-ring (bicyclic) bond motifs is 1. The summed E-state index contributed by atoms with van der Waals surface area (Å²) >= 11 is 0. The second kappa shape index (κ2) is 2.67. The fourth-order valence-corrected chi connectivity index (χ4v) is 1.28.